The van der Waals surface area contributed by atoms with Crippen LogP contribution in [0.25, 0.3) is 0 Å². The minimum atomic E-state index is -0.0259. The average molecular weight is 305 g/mol. The molecule has 0 spiro atoms. The molecule has 104 valence electrons. The Morgan fingerprint density at radius 1 is 1.10 bits per heavy atom. The molecule has 2 aromatic rings. The first-order valence-electron chi connectivity index (χ1n) is 6.75. The van der Waals surface area contributed by atoms with E-state index in [1.165, 1.54) is 16.0 Å². The minimum absolute atomic E-state index is 0.0259. The largest absolute Gasteiger partial charge is 0.376 e. The van der Waals surface area contributed by atoms with Crippen molar-refractivity contribution in [3.63, 3.8) is 0 Å². The zero-order valence-electron chi connectivity index (χ0n) is 11.3. The molecule has 3 atom stereocenters. The van der Waals surface area contributed by atoms with Gasteiger partial charge in [0.25, 0.3) is 0 Å². The number of methoxy groups -OCH3 is 1. The molecular formula is C17H17ClOS. The predicted molar refractivity (Wildman–Crippen MR) is 85.4 cm³/mol. The van der Waals surface area contributed by atoms with Crippen molar-refractivity contribution in [2.75, 3.05) is 12.9 Å². The van der Waals surface area contributed by atoms with E-state index in [0.29, 0.717) is 0 Å². The van der Waals surface area contributed by atoms with Crippen LogP contribution in [0.1, 0.15) is 22.6 Å². The Bertz CT molecular complexity index is 572. The van der Waals surface area contributed by atoms with Gasteiger partial charge in [-0.1, -0.05) is 48.5 Å². The molecule has 3 heteroatoms. The topological polar surface area (TPSA) is 9.23 Å². The van der Waals surface area contributed by atoms with E-state index in [9.17, 15) is 0 Å². The number of benzene rings is 2. The van der Waals surface area contributed by atoms with E-state index in [1.807, 2.05) is 30.0 Å². The average Bonchev–Trinajstić information content (AvgIpc) is 2.54. The number of halogens is 1. The highest BCUT2D eigenvalue weighted by Gasteiger charge is 2.35. The minimum Gasteiger partial charge on any atom is -0.376 e. The Labute approximate surface area is 129 Å². The Morgan fingerprint density at radius 2 is 1.80 bits per heavy atom. The first-order chi connectivity index (χ1) is 9.81. The highest BCUT2D eigenvalue weighted by molar-refractivity contribution is 7.99. The summed E-state index contributed by atoms with van der Waals surface area (Å²) in [6.45, 7) is 0. The molecule has 1 aliphatic rings. The zero-order chi connectivity index (χ0) is 13.9. The first-order valence-corrected chi connectivity index (χ1v) is 8.17. The summed E-state index contributed by atoms with van der Waals surface area (Å²) in [4.78, 5) is 1.31. The van der Waals surface area contributed by atoms with Crippen molar-refractivity contribution in [3.05, 3.63) is 65.7 Å². The van der Waals surface area contributed by atoms with E-state index >= 15 is 0 Å². The number of ether oxygens (including phenoxy) is 1. The molecule has 0 saturated heterocycles. The van der Waals surface area contributed by atoms with Crippen LogP contribution in [0.2, 0.25) is 0 Å². The summed E-state index contributed by atoms with van der Waals surface area (Å²) in [5.41, 5.74) is 2.43. The summed E-state index contributed by atoms with van der Waals surface area (Å²) in [5, 5.41) is -0.0259. The van der Waals surface area contributed by atoms with Crippen molar-refractivity contribution < 1.29 is 4.74 Å². The second kappa shape index (κ2) is 6.21. The van der Waals surface area contributed by atoms with E-state index in [-0.39, 0.29) is 17.4 Å². The summed E-state index contributed by atoms with van der Waals surface area (Å²) in [6, 6.07) is 18.7. The molecule has 2 aromatic carbocycles. The zero-order valence-corrected chi connectivity index (χ0v) is 12.9. The molecule has 20 heavy (non-hydrogen) atoms. The van der Waals surface area contributed by atoms with Crippen LogP contribution in [-0.4, -0.2) is 12.9 Å². The predicted octanol–water partition coefficient (Wildman–Crippen LogP) is 5.08. The van der Waals surface area contributed by atoms with Crippen molar-refractivity contribution in [3.8, 4) is 0 Å². The van der Waals surface area contributed by atoms with E-state index < -0.39 is 0 Å². The van der Waals surface area contributed by atoms with Crippen molar-refractivity contribution in [2.45, 2.75) is 16.4 Å². The van der Waals surface area contributed by atoms with E-state index in [1.54, 1.807) is 7.11 Å². The Hall–Kier alpha value is -0.960. The van der Waals surface area contributed by atoms with Crippen LogP contribution in [0.5, 0.6) is 0 Å². The van der Waals surface area contributed by atoms with Gasteiger partial charge in [0.05, 0.1) is 11.5 Å². The Morgan fingerprint density at radius 3 is 2.55 bits per heavy atom. The van der Waals surface area contributed by atoms with Crippen LogP contribution in [-0.2, 0) is 4.74 Å². The molecular weight excluding hydrogens is 288 g/mol. The van der Waals surface area contributed by atoms with Gasteiger partial charge in [0.15, 0.2) is 0 Å². The summed E-state index contributed by atoms with van der Waals surface area (Å²) < 4.78 is 5.78. The number of thioether (sulfide) groups is 1. The van der Waals surface area contributed by atoms with Crippen LogP contribution in [0.15, 0.2) is 59.5 Å². The third-order valence-electron chi connectivity index (χ3n) is 3.79. The maximum Gasteiger partial charge on any atom is 0.0885 e. The van der Waals surface area contributed by atoms with Crippen LogP contribution in [0.4, 0.5) is 0 Å². The third-order valence-corrected chi connectivity index (χ3v) is 5.60. The Balaban J connectivity index is 1.91. The molecule has 1 aliphatic heterocycles. The van der Waals surface area contributed by atoms with Gasteiger partial charge in [0.2, 0.25) is 0 Å². The van der Waals surface area contributed by atoms with Crippen LogP contribution >= 0.6 is 23.4 Å². The lowest BCUT2D eigenvalue weighted by atomic mass is 9.90. The summed E-state index contributed by atoms with van der Waals surface area (Å²) in [6.07, 6.45) is 0.0650. The van der Waals surface area contributed by atoms with Gasteiger partial charge in [-0.2, -0.15) is 0 Å². The number of fused-ring (bicyclic) bond motifs is 1. The summed E-state index contributed by atoms with van der Waals surface area (Å²) in [7, 11) is 1.78. The number of hydrogen-bond donors (Lipinski definition) is 0. The standard InChI is InChI=1S/C17H17ClOS/c1-19-17-13-9-5-6-10-15(13)20-11-14(17)16(18)12-7-3-2-4-8-12/h2-10,14,16-17H,11H2,1H3/t14-,16+,17-/m1/s1. The molecule has 0 saturated carbocycles. The van der Waals surface area contributed by atoms with Crippen molar-refractivity contribution in [2.24, 2.45) is 5.92 Å². The van der Waals surface area contributed by atoms with Crippen LogP contribution in [0.3, 0.4) is 0 Å². The highest BCUT2D eigenvalue weighted by Crippen LogP contribution is 2.48. The first kappa shape index (κ1) is 14.0. The summed E-state index contributed by atoms with van der Waals surface area (Å²) in [5.74, 6) is 1.27. The quantitative estimate of drug-likeness (QED) is 0.732. The van der Waals surface area contributed by atoms with Crippen LogP contribution in [0, 0.1) is 5.92 Å². The Kier molecular flexibility index (Phi) is 4.35. The lowest BCUT2D eigenvalue weighted by Crippen LogP contribution is -2.25. The monoisotopic (exact) mass is 304 g/mol. The lowest BCUT2D eigenvalue weighted by molar-refractivity contribution is 0.0539. The molecule has 3 rings (SSSR count). The second-order valence-electron chi connectivity index (χ2n) is 4.98. The second-order valence-corrected chi connectivity index (χ2v) is 6.51. The molecule has 0 amide bonds. The maximum absolute atomic E-state index is 6.73. The van der Waals surface area contributed by atoms with E-state index in [0.717, 1.165) is 5.75 Å². The van der Waals surface area contributed by atoms with Gasteiger partial charge in [-0.15, -0.1) is 23.4 Å². The van der Waals surface area contributed by atoms with Gasteiger partial charge in [-0.05, 0) is 17.2 Å². The molecule has 0 aromatic heterocycles. The van der Waals surface area contributed by atoms with Gasteiger partial charge >= 0.3 is 0 Å². The van der Waals surface area contributed by atoms with Crippen molar-refractivity contribution in [1.82, 2.24) is 0 Å². The third kappa shape index (κ3) is 2.60. The van der Waals surface area contributed by atoms with Gasteiger partial charge in [0, 0.05) is 23.7 Å². The number of alkyl halides is 1. The SMILES string of the molecule is CO[C@@H]1c2ccccc2SC[C@@H]1[C@@H](Cl)c1ccccc1. The van der Waals surface area contributed by atoms with Gasteiger partial charge in [-0.25, -0.2) is 0 Å². The molecule has 1 nitrogen and oxygen atoms in total. The molecule has 0 N–H and O–H groups in total. The molecule has 0 fully saturated rings. The molecule has 0 aliphatic carbocycles. The van der Waals surface area contributed by atoms with Crippen molar-refractivity contribution >= 4 is 23.4 Å². The molecule has 0 unspecified atom stereocenters. The normalized spacial score (nSPS) is 23.1. The molecule has 0 radical (unpaired) electrons. The molecule has 0 bridgehead atoms. The number of hydrogen-bond acceptors (Lipinski definition) is 2. The van der Waals surface area contributed by atoms with Gasteiger partial charge in [-0.3, -0.25) is 0 Å². The fourth-order valence-corrected chi connectivity index (χ4v) is 4.51. The van der Waals surface area contributed by atoms with E-state index in [2.05, 4.69) is 36.4 Å². The smallest absolute Gasteiger partial charge is 0.0885 e. The van der Waals surface area contributed by atoms with Crippen molar-refractivity contribution in [1.29, 1.82) is 0 Å². The van der Waals surface area contributed by atoms with Crippen LogP contribution < -0.4 is 0 Å². The van der Waals surface area contributed by atoms with Gasteiger partial charge in [0.1, 0.15) is 0 Å². The van der Waals surface area contributed by atoms with Gasteiger partial charge < -0.3 is 4.74 Å². The van der Waals surface area contributed by atoms with E-state index in [4.69, 9.17) is 16.3 Å². The highest BCUT2D eigenvalue weighted by atomic mass is 35.5. The fraction of sp³-hybridized carbons (Fsp3) is 0.294. The summed E-state index contributed by atoms with van der Waals surface area (Å²) >= 11 is 8.61. The fourth-order valence-electron chi connectivity index (χ4n) is 2.77. The molecule has 1 heterocycles. The number of rotatable bonds is 3. The lowest BCUT2D eigenvalue weighted by Gasteiger charge is -2.35. The maximum atomic E-state index is 6.73.